The lowest BCUT2D eigenvalue weighted by molar-refractivity contribution is 0.732. The SMILES string of the molecule is CC(C)C[Si]([Si])[Si]. The normalized spacial score (nSPS) is 11.1. The van der Waals surface area contributed by atoms with Crippen molar-refractivity contribution in [1.82, 2.24) is 0 Å². The van der Waals surface area contributed by atoms with E-state index >= 15 is 0 Å². The van der Waals surface area contributed by atoms with Crippen LogP contribution in [0.3, 0.4) is 0 Å². The molecule has 0 spiro atoms. The summed E-state index contributed by atoms with van der Waals surface area (Å²) in [6.45, 7) is 4.45. The van der Waals surface area contributed by atoms with Crippen LogP contribution in [0.25, 0.3) is 0 Å². The maximum absolute atomic E-state index is 3.54. The standard InChI is InChI=1S/C4H9Si3/c1-4(2)3-7(5)6/h4H,3H2,1-2H3. The van der Waals surface area contributed by atoms with Crippen molar-refractivity contribution in [1.29, 1.82) is 0 Å². The first kappa shape index (κ1) is 7.65. The van der Waals surface area contributed by atoms with Gasteiger partial charge in [-0.2, -0.15) is 0 Å². The molecule has 0 N–H and O–H groups in total. The Labute approximate surface area is 53.7 Å². The molecule has 0 aliphatic heterocycles. The van der Waals surface area contributed by atoms with Crippen LogP contribution < -0.4 is 0 Å². The van der Waals surface area contributed by atoms with Crippen molar-refractivity contribution in [3.05, 3.63) is 0 Å². The first-order valence-electron chi connectivity index (χ1n) is 2.42. The molecule has 0 atom stereocenters. The van der Waals surface area contributed by atoms with Gasteiger partial charge in [0.25, 0.3) is 0 Å². The van der Waals surface area contributed by atoms with Gasteiger partial charge in [-0.3, -0.25) is 0 Å². The molecule has 0 saturated carbocycles. The Balaban J connectivity index is 2.95. The third-order valence-electron chi connectivity index (χ3n) is 0.612. The van der Waals surface area contributed by atoms with E-state index in [0.29, 0.717) is 0 Å². The summed E-state index contributed by atoms with van der Waals surface area (Å²) in [5, 5.41) is 0. The Morgan fingerprint density at radius 1 is 1.43 bits per heavy atom. The van der Waals surface area contributed by atoms with E-state index in [2.05, 4.69) is 33.4 Å². The molecular weight excluding hydrogens is 132 g/mol. The molecule has 0 aliphatic rings. The molecular formula is C4H9Si3. The quantitative estimate of drug-likeness (QED) is 0.490. The average Bonchev–Trinajstić information content (AvgIpc) is 1.27. The van der Waals surface area contributed by atoms with E-state index in [9.17, 15) is 0 Å². The summed E-state index contributed by atoms with van der Waals surface area (Å²) in [5.74, 6) is 0.823. The highest BCUT2D eigenvalue weighted by Gasteiger charge is 1.97. The van der Waals surface area contributed by atoms with Crippen LogP contribution in [0.1, 0.15) is 13.8 Å². The molecule has 0 amide bonds. The van der Waals surface area contributed by atoms with Crippen LogP contribution in [0, 0.1) is 5.92 Å². The molecule has 0 fully saturated rings. The predicted molar refractivity (Wildman–Crippen MR) is 36.9 cm³/mol. The van der Waals surface area contributed by atoms with Crippen molar-refractivity contribution < 1.29 is 0 Å². The number of rotatable bonds is 2. The van der Waals surface area contributed by atoms with Crippen LogP contribution in [-0.4, -0.2) is 27.4 Å². The topological polar surface area (TPSA) is 0 Å². The molecule has 7 heavy (non-hydrogen) atoms. The van der Waals surface area contributed by atoms with Crippen molar-refractivity contribution in [2.45, 2.75) is 19.9 Å². The summed E-state index contributed by atoms with van der Waals surface area (Å²) >= 11 is 0. The third kappa shape index (κ3) is 6.65. The number of hydrogen-bond acceptors (Lipinski definition) is 0. The van der Waals surface area contributed by atoms with E-state index in [4.69, 9.17) is 0 Å². The average molecular weight is 141 g/mol. The second-order valence-electron chi connectivity index (χ2n) is 2.08. The summed E-state index contributed by atoms with van der Waals surface area (Å²) in [7, 11) is 6.75. The Kier molecular flexibility index (Phi) is 3.97. The molecule has 37 valence electrons. The van der Waals surface area contributed by atoms with Crippen molar-refractivity contribution in [3.8, 4) is 0 Å². The van der Waals surface area contributed by atoms with Gasteiger partial charge < -0.3 is 0 Å². The molecule has 0 aromatic rings. The van der Waals surface area contributed by atoms with Gasteiger partial charge in [0, 0.05) is 27.4 Å². The molecule has 3 heteroatoms. The van der Waals surface area contributed by atoms with E-state index < -0.39 is 0 Å². The van der Waals surface area contributed by atoms with Crippen LogP contribution in [-0.2, 0) is 0 Å². The van der Waals surface area contributed by atoms with Gasteiger partial charge in [0.15, 0.2) is 0 Å². The van der Waals surface area contributed by atoms with Gasteiger partial charge in [0.1, 0.15) is 0 Å². The zero-order valence-corrected chi connectivity index (χ0v) is 7.78. The highest BCUT2D eigenvalue weighted by atomic mass is 29.5. The van der Waals surface area contributed by atoms with Crippen molar-refractivity contribution in [2.24, 2.45) is 5.92 Å². The maximum Gasteiger partial charge on any atom is 0.0147 e. The van der Waals surface area contributed by atoms with Crippen LogP contribution in [0.2, 0.25) is 6.04 Å². The fourth-order valence-electron chi connectivity index (χ4n) is 0.408. The van der Waals surface area contributed by atoms with Gasteiger partial charge in [-0.05, 0) is 0 Å². The van der Waals surface area contributed by atoms with E-state index in [1.54, 1.807) is 0 Å². The Hall–Kier alpha value is 0.651. The fraction of sp³-hybridized carbons (Fsp3) is 1.00. The lowest BCUT2D eigenvalue weighted by Gasteiger charge is -2.03. The predicted octanol–water partition coefficient (Wildman–Crippen LogP) is 0.468. The van der Waals surface area contributed by atoms with Crippen molar-refractivity contribution in [2.75, 3.05) is 0 Å². The summed E-state index contributed by atoms with van der Waals surface area (Å²) in [4.78, 5) is 0. The van der Waals surface area contributed by atoms with Gasteiger partial charge in [-0.15, -0.1) is 0 Å². The first-order chi connectivity index (χ1) is 3.13. The molecule has 0 heterocycles. The van der Waals surface area contributed by atoms with Gasteiger partial charge >= 0.3 is 0 Å². The highest BCUT2D eigenvalue weighted by Crippen LogP contribution is 1.99. The molecule has 0 aliphatic carbocycles. The lowest BCUT2D eigenvalue weighted by Crippen LogP contribution is -2.15. The fourth-order valence-corrected chi connectivity index (χ4v) is 3.67. The molecule has 0 unspecified atom stereocenters. The molecule has 0 nitrogen and oxygen atoms in total. The minimum absolute atomic E-state index is 0.323. The summed E-state index contributed by atoms with van der Waals surface area (Å²) in [6, 6.07) is 1.29. The summed E-state index contributed by atoms with van der Waals surface area (Å²) < 4.78 is 0. The van der Waals surface area contributed by atoms with Crippen LogP contribution in [0.4, 0.5) is 0 Å². The van der Waals surface area contributed by atoms with Crippen molar-refractivity contribution >= 4 is 27.4 Å². The largest absolute Gasteiger partial charge is 0.0631 e. The molecule has 0 aromatic carbocycles. The second-order valence-corrected chi connectivity index (χ2v) is 8.56. The molecule has 0 rings (SSSR count). The minimum atomic E-state index is -0.323. The summed E-state index contributed by atoms with van der Waals surface area (Å²) in [6.07, 6.45) is 0. The van der Waals surface area contributed by atoms with E-state index in [1.807, 2.05) is 0 Å². The van der Waals surface area contributed by atoms with Crippen LogP contribution in [0.5, 0.6) is 0 Å². The van der Waals surface area contributed by atoms with Gasteiger partial charge in [-0.25, -0.2) is 0 Å². The molecule has 0 bridgehead atoms. The first-order valence-corrected chi connectivity index (χ1v) is 7.12. The van der Waals surface area contributed by atoms with E-state index in [1.165, 1.54) is 6.04 Å². The van der Waals surface area contributed by atoms with Gasteiger partial charge in [0.2, 0.25) is 0 Å². The monoisotopic (exact) mass is 141 g/mol. The van der Waals surface area contributed by atoms with Gasteiger partial charge in [-0.1, -0.05) is 25.8 Å². The lowest BCUT2D eigenvalue weighted by atomic mass is 10.3. The third-order valence-corrected chi connectivity index (χ3v) is 3.06. The Bertz CT molecular complexity index is 36.2. The van der Waals surface area contributed by atoms with Crippen molar-refractivity contribution in [3.63, 3.8) is 0 Å². The van der Waals surface area contributed by atoms with Crippen LogP contribution in [0.15, 0.2) is 0 Å². The van der Waals surface area contributed by atoms with E-state index in [0.717, 1.165) is 5.92 Å². The Morgan fingerprint density at radius 3 is 1.86 bits per heavy atom. The summed E-state index contributed by atoms with van der Waals surface area (Å²) in [5.41, 5.74) is 0. The number of hydrogen-bond donors (Lipinski definition) is 0. The van der Waals surface area contributed by atoms with Crippen LogP contribution >= 0.6 is 0 Å². The minimum Gasteiger partial charge on any atom is -0.0631 e. The molecule has 7 radical (unpaired) electrons. The Morgan fingerprint density at radius 2 is 1.86 bits per heavy atom. The van der Waals surface area contributed by atoms with E-state index in [-0.39, 0.29) is 7.83 Å². The maximum atomic E-state index is 3.54. The van der Waals surface area contributed by atoms with Gasteiger partial charge in [0.05, 0.1) is 0 Å². The zero-order valence-electron chi connectivity index (χ0n) is 4.78. The molecule has 0 saturated heterocycles. The zero-order chi connectivity index (χ0) is 5.86. The second kappa shape index (κ2) is 3.63. The highest BCUT2D eigenvalue weighted by molar-refractivity contribution is 7.29. The molecule has 0 aromatic heterocycles. The smallest absolute Gasteiger partial charge is 0.0147 e.